The minimum atomic E-state index is -0.842. The molecule has 1 spiro atoms. The predicted octanol–water partition coefficient (Wildman–Crippen LogP) is 2.78. The van der Waals surface area contributed by atoms with Crippen LogP contribution in [-0.4, -0.2) is 34.8 Å². The maximum Gasteiger partial charge on any atom is 0.325 e. The van der Waals surface area contributed by atoms with Crippen LogP contribution in [0.2, 0.25) is 5.02 Å². The van der Waals surface area contributed by atoms with E-state index in [9.17, 15) is 14.4 Å². The summed E-state index contributed by atoms with van der Waals surface area (Å²) >= 11 is 5.88. The fourth-order valence-corrected chi connectivity index (χ4v) is 3.74. The molecule has 4 amide bonds. The summed E-state index contributed by atoms with van der Waals surface area (Å²) < 4.78 is 0. The smallest absolute Gasteiger partial charge is 0.324 e. The van der Waals surface area contributed by atoms with E-state index in [-0.39, 0.29) is 18.4 Å². The second-order valence-electron chi connectivity index (χ2n) is 6.50. The van der Waals surface area contributed by atoms with Crippen molar-refractivity contribution < 1.29 is 14.4 Å². The first-order chi connectivity index (χ1) is 11.4. The molecule has 2 atom stereocenters. The summed E-state index contributed by atoms with van der Waals surface area (Å²) in [5.74, 6) is -0.647. The molecule has 1 saturated heterocycles. The quantitative estimate of drug-likeness (QED) is 0.823. The van der Waals surface area contributed by atoms with E-state index < -0.39 is 17.5 Å². The molecule has 3 rings (SSSR count). The number of imide groups is 1. The summed E-state index contributed by atoms with van der Waals surface area (Å²) in [4.78, 5) is 38.2. The van der Waals surface area contributed by atoms with Gasteiger partial charge in [-0.15, -0.1) is 0 Å². The van der Waals surface area contributed by atoms with Crippen LogP contribution in [0.15, 0.2) is 24.3 Å². The third-order valence-corrected chi connectivity index (χ3v) is 5.15. The van der Waals surface area contributed by atoms with Crippen LogP contribution < -0.4 is 10.6 Å². The molecule has 1 heterocycles. The molecule has 2 N–H and O–H groups in total. The van der Waals surface area contributed by atoms with Gasteiger partial charge in [-0.1, -0.05) is 37.4 Å². The lowest BCUT2D eigenvalue weighted by molar-refractivity contribution is -0.136. The molecule has 128 valence electrons. The van der Waals surface area contributed by atoms with Crippen molar-refractivity contribution in [3.05, 3.63) is 29.3 Å². The summed E-state index contributed by atoms with van der Waals surface area (Å²) in [5, 5.41) is 5.99. The van der Waals surface area contributed by atoms with Crippen LogP contribution in [0.1, 0.15) is 32.6 Å². The number of nitrogens with one attached hydrogen (secondary N) is 2. The number of hydrogen-bond acceptors (Lipinski definition) is 3. The Balaban J connectivity index is 1.70. The van der Waals surface area contributed by atoms with E-state index in [2.05, 4.69) is 10.6 Å². The van der Waals surface area contributed by atoms with Gasteiger partial charge in [0.25, 0.3) is 5.91 Å². The third kappa shape index (κ3) is 2.98. The van der Waals surface area contributed by atoms with Crippen LogP contribution in [0, 0.1) is 5.92 Å². The maximum atomic E-state index is 12.8. The largest absolute Gasteiger partial charge is 0.325 e. The first-order valence-corrected chi connectivity index (χ1v) is 8.50. The maximum absolute atomic E-state index is 12.8. The zero-order valence-corrected chi connectivity index (χ0v) is 14.2. The average molecular weight is 350 g/mol. The van der Waals surface area contributed by atoms with Gasteiger partial charge in [0.2, 0.25) is 5.91 Å². The highest BCUT2D eigenvalue weighted by atomic mass is 35.5. The molecule has 2 aliphatic rings. The molecular formula is C17H20ClN3O3. The Labute approximate surface area is 145 Å². The van der Waals surface area contributed by atoms with Gasteiger partial charge in [-0.3, -0.25) is 14.5 Å². The van der Waals surface area contributed by atoms with Gasteiger partial charge in [-0.2, -0.15) is 0 Å². The molecule has 1 aliphatic carbocycles. The molecular weight excluding hydrogens is 330 g/mol. The molecule has 6 nitrogen and oxygen atoms in total. The van der Waals surface area contributed by atoms with E-state index in [0.29, 0.717) is 17.1 Å². The minimum absolute atomic E-state index is 0.0729. The number of carbonyl (C=O) groups is 3. The van der Waals surface area contributed by atoms with E-state index in [1.165, 1.54) is 0 Å². The Hall–Kier alpha value is -2.08. The van der Waals surface area contributed by atoms with Gasteiger partial charge >= 0.3 is 6.03 Å². The van der Waals surface area contributed by atoms with E-state index in [4.69, 9.17) is 11.6 Å². The number of anilines is 1. The van der Waals surface area contributed by atoms with Crippen LogP contribution in [0.25, 0.3) is 0 Å². The Morgan fingerprint density at radius 2 is 2.21 bits per heavy atom. The number of urea groups is 1. The summed E-state index contributed by atoms with van der Waals surface area (Å²) in [7, 11) is 0. The number of amides is 4. The van der Waals surface area contributed by atoms with Gasteiger partial charge in [-0.05, 0) is 37.0 Å². The van der Waals surface area contributed by atoms with Crippen molar-refractivity contribution in [2.75, 3.05) is 11.9 Å². The van der Waals surface area contributed by atoms with Crippen molar-refractivity contribution in [3.8, 4) is 0 Å². The minimum Gasteiger partial charge on any atom is -0.324 e. The van der Waals surface area contributed by atoms with E-state index in [1.807, 2.05) is 6.92 Å². The van der Waals surface area contributed by atoms with Gasteiger partial charge in [0.05, 0.1) is 0 Å². The average Bonchev–Trinajstić information content (AvgIpc) is 2.75. The molecule has 1 aromatic rings. The first kappa shape index (κ1) is 16.8. The zero-order valence-electron chi connectivity index (χ0n) is 13.5. The highest BCUT2D eigenvalue weighted by Crippen LogP contribution is 2.38. The van der Waals surface area contributed by atoms with E-state index in [1.54, 1.807) is 24.3 Å². The number of carbonyl (C=O) groups excluding carboxylic acids is 3. The second kappa shape index (κ2) is 6.43. The molecule has 0 unspecified atom stereocenters. The van der Waals surface area contributed by atoms with Gasteiger partial charge in [0.15, 0.2) is 0 Å². The van der Waals surface area contributed by atoms with Crippen LogP contribution in [0.5, 0.6) is 0 Å². The summed E-state index contributed by atoms with van der Waals surface area (Å²) in [6.45, 7) is 1.68. The third-order valence-electron chi connectivity index (χ3n) is 4.91. The number of halogens is 1. The number of rotatable bonds is 3. The Morgan fingerprint density at radius 1 is 1.42 bits per heavy atom. The Bertz CT molecular complexity index is 693. The molecule has 0 bridgehead atoms. The lowest BCUT2D eigenvalue weighted by Crippen LogP contribution is -2.54. The van der Waals surface area contributed by atoms with E-state index >= 15 is 0 Å². The molecule has 7 heteroatoms. The number of hydrogen-bond donors (Lipinski definition) is 2. The Kier molecular flexibility index (Phi) is 4.49. The van der Waals surface area contributed by atoms with Crippen molar-refractivity contribution >= 4 is 35.1 Å². The van der Waals surface area contributed by atoms with Crippen LogP contribution >= 0.6 is 11.6 Å². The molecule has 0 aromatic heterocycles. The number of benzene rings is 1. The molecule has 1 aliphatic heterocycles. The highest BCUT2D eigenvalue weighted by molar-refractivity contribution is 6.30. The van der Waals surface area contributed by atoms with Crippen LogP contribution in [0.3, 0.4) is 0 Å². The zero-order chi connectivity index (χ0) is 17.3. The molecule has 1 aromatic carbocycles. The van der Waals surface area contributed by atoms with Gasteiger partial charge in [0, 0.05) is 10.7 Å². The van der Waals surface area contributed by atoms with Crippen molar-refractivity contribution in [3.63, 3.8) is 0 Å². The van der Waals surface area contributed by atoms with Crippen LogP contribution in [0.4, 0.5) is 10.5 Å². The van der Waals surface area contributed by atoms with Crippen molar-refractivity contribution in [1.82, 2.24) is 10.2 Å². The summed E-state index contributed by atoms with van der Waals surface area (Å²) in [6.07, 6.45) is 3.49. The van der Waals surface area contributed by atoms with Crippen molar-refractivity contribution in [2.24, 2.45) is 5.92 Å². The Morgan fingerprint density at radius 3 is 2.92 bits per heavy atom. The topological polar surface area (TPSA) is 78.5 Å². The molecule has 1 saturated carbocycles. The van der Waals surface area contributed by atoms with Crippen molar-refractivity contribution in [2.45, 2.75) is 38.1 Å². The fraction of sp³-hybridized carbons (Fsp3) is 0.471. The van der Waals surface area contributed by atoms with Crippen LogP contribution in [-0.2, 0) is 9.59 Å². The van der Waals surface area contributed by atoms with Crippen molar-refractivity contribution in [1.29, 1.82) is 0 Å². The lowest BCUT2D eigenvalue weighted by Gasteiger charge is -2.36. The normalized spacial score (nSPS) is 26.6. The highest BCUT2D eigenvalue weighted by Gasteiger charge is 2.55. The predicted molar refractivity (Wildman–Crippen MR) is 90.7 cm³/mol. The summed E-state index contributed by atoms with van der Waals surface area (Å²) in [5.41, 5.74) is -0.314. The first-order valence-electron chi connectivity index (χ1n) is 8.12. The molecule has 0 radical (unpaired) electrons. The standard InChI is InChI=1S/C17H20ClN3O3/c1-11-5-2-3-8-17(11)15(23)21(16(24)20-17)10-14(22)19-13-7-4-6-12(18)9-13/h4,6-7,9,11H,2-3,5,8,10H2,1H3,(H,19,22)(H,20,24)/t11-,17+/m0/s1. The SMILES string of the molecule is C[C@H]1CCCC[C@@]12NC(=O)N(CC(=O)Nc1cccc(Cl)c1)C2=O. The second-order valence-corrected chi connectivity index (χ2v) is 6.93. The lowest BCUT2D eigenvalue weighted by atomic mass is 9.73. The molecule has 24 heavy (non-hydrogen) atoms. The molecule has 2 fully saturated rings. The van der Waals surface area contributed by atoms with Gasteiger partial charge < -0.3 is 10.6 Å². The fourth-order valence-electron chi connectivity index (χ4n) is 3.55. The monoisotopic (exact) mass is 349 g/mol. The van der Waals surface area contributed by atoms with Gasteiger partial charge in [-0.25, -0.2) is 4.79 Å². The van der Waals surface area contributed by atoms with E-state index in [0.717, 1.165) is 24.2 Å². The van der Waals surface area contributed by atoms with Gasteiger partial charge in [0.1, 0.15) is 12.1 Å². The number of nitrogens with zero attached hydrogens (tertiary/aromatic N) is 1. The summed E-state index contributed by atoms with van der Waals surface area (Å²) in [6, 6.07) is 6.22.